The Kier molecular flexibility index (Phi) is 4.86. The largest absolute Gasteiger partial charge is 0.314 e. The van der Waals surface area contributed by atoms with Gasteiger partial charge in [-0.3, -0.25) is 4.90 Å². The lowest BCUT2D eigenvalue weighted by atomic mass is 9.90. The number of benzene rings is 1. The van der Waals surface area contributed by atoms with Crippen LogP contribution in [0.15, 0.2) is 27.1 Å². The van der Waals surface area contributed by atoms with Crippen molar-refractivity contribution in [1.29, 1.82) is 0 Å². The molecule has 1 fully saturated rings. The van der Waals surface area contributed by atoms with Crippen LogP contribution in [0.25, 0.3) is 0 Å². The van der Waals surface area contributed by atoms with Crippen LogP contribution < -0.4 is 5.32 Å². The molecule has 0 unspecified atom stereocenters. The zero-order valence-corrected chi connectivity index (χ0v) is 14.1. The van der Waals surface area contributed by atoms with Crippen LogP contribution in [0.4, 0.5) is 0 Å². The molecule has 1 N–H and O–H groups in total. The molecule has 1 heterocycles. The summed E-state index contributed by atoms with van der Waals surface area (Å²) in [4.78, 5) is 2.54. The predicted octanol–water partition coefficient (Wildman–Crippen LogP) is 3.79. The maximum absolute atomic E-state index is 3.56. The molecule has 0 aliphatic carbocycles. The number of hydrogen-bond acceptors (Lipinski definition) is 2. The van der Waals surface area contributed by atoms with E-state index in [4.69, 9.17) is 0 Å². The van der Waals surface area contributed by atoms with Crippen LogP contribution in [-0.2, 0) is 6.54 Å². The Labute approximate surface area is 126 Å². The van der Waals surface area contributed by atoms with E-state index in [9.17, 15) is 0 Å². The Bertz CT molecular complexity index is 412. The van der Waals surface area contributed by atoms with E-state index in [1.807, 2.05) is 0 Å². The van der Waals surface area contributed by atoms with E-state index in [1.54, 1.807) is 0 Å². The third-order valence-electron chi connectivity index (χ3n) is 3.95. The van der Waals surface area contributed by atoms with Crippen LogP contribution >= 0.6 is 31.9 Å². The van der Waals surface area contributed by atoms with Gasteiger partial charge in [0.1, 0.15) is 0 Å². The highest BCUT2D eigenvalue weighted by Gasteiger charge is 2.27. The molecule has 0 bridgehead atoms. The second-order valence-electron chi connectivity index (χ2n) is 5.34. The molecule has 1 saturated heterocycles. The van der Waals surface area contributed by atoms with Gasteiger partial charge in [0.15, 0.2) is 0 Å². The predicted molar refractivity (Wildman–Crippen MR) is 83.8 cm³/mol. The molecule has 2 rings (SSSR count). The molecule has 1 aromatic carbocycles. The normalized spacial score (nSPS) is 20.0. The molecule has 4 heteroatoms. The van der Waals surface area contributed by atoms with Crippen LogP contribution in [0, 0.1) is 0 Å². The average Bonchev–Trinajstić information content (AvgIpc) is 2.37. The smallest absolute Gasteiger partial charge is 0.0320 e. The second-order valence-corrected chi connectivity index (χ2v) is 7.04. The van der Waals surface area contributed by atoms with Gasteiger partial charge in [0.25, 0.3) is 0 Å². The molecule has 1 aliphatic heterocycles. The van der Waals surface area contributed by atoms with Gasteiger partial charge in [-0.15, -0.1) is 0 Å². The van der Waals surface area contributed by atoms with E-state index in [1.165, 1.54) is 31.5 Å². The quantitative estimate of drug-likeness (QED) is 0.864. The molecule has 1 aromatic rings. The summed E-state index contributed by atoms with van der Waals surface area (Å²) in [6.07, 6.45) is 2.45. The van der Waals surface area contributed by atoms with Crippen molar-refractivity contribution in [2.45, 2.75) is 31.8 Å². The van der Waals surface area contributed by atoms with Crippen molar-refractivity contribution < 1.29 is 0 Å². The monoisotopic (exact) mass is 374 g/mol. The molecular formula is C14H20Br2N2. The second kappa shape index (κ2) is 6.04. The van der Waals surface area contributed by atoms with E-state index in [0.717, 1.165) is 15.5 Å². The summed E-state index contributed by atoms with van der Waals surface area (Å²) in [6, 6.07) is 6.51. The molecule has 0 aromatic heterocycles. The maximum Gasteiger partial charge on any atom is 0.0320 e. The minimum atomic E-state index is 0.330. The van der Waals surface area contributed by atoms with Gasteiger partial charge in [-0.25, -0.2) is 0 Å². The summed E-state index contributed by atoms with van der Waals surface area (Å²) in [6.45, 7) is 5.71. The van der Waals surface area contributed by atoms with E-state index in [0.29, 0.717) is 5.54 Å². The third-order valence-corrected chi connectivity index (χ3v) is 5.83. The Morgan fingerprint density at radius 1 is 1.22 bits per heavy atom. The van der Waals surface area contributed by atoms with Crippen molar-refractivity contribution in [3.05, 3.63) is 32.7 Å². The van der Waals surface area contributed by atoms with Crippen molar-refractivity contribution in [2.75, 3.05) is 20.1 Å². The van der Waals surface area contributed by atoms with Crippen LogP contribution in [-0.4, -0.2) is 30.6 Å². The van der Waals surface area contributed by atoms with Crippen molar-refractivity contribution in [2.24, 2.45) is 0 Å². The Morgan fingerprint density at radius 3 is 2.44 bits per heavy atom. The highest BCUT2D eigenvalue weighted by atomic mass is 79.9. The Hall–Kier alpha value is 0.1000. The van der Waals surface area contributed by atoms with Gasteiger partial charge < -0.3 is 5.32 Å². The number of halogens is 2. The molecule has 0 saturated carbocycles. The van der Waals surface area contributed by atoms with Crippen LogP contribution in [0.5, 0.6) is 0 Å². The van der Waals surface area contributed by atoms with Gasteiger partial charge in [-0.05, 0) is 76.4 Å². The van der Waals surface area contributed by atoms with Gasteiger partial charge in [0.2, 0.25) is 0 Å². The molecule has 0 spiro atoms. The van der Waals surface area contributed by atoms with Gasteiger partial charge in [-0.1, -0.05) is 6.07 Å². The van der Waals surface area contributed by atoms with Crippen molar-refractivity contribution in [3.8, 4) is 0 Å². The highest BCUT2D eigenvalue weighted by Crippen LogP contribution is 2.26. The van der Waals surface area contributed by atoms with E-state index in [2.05, 4.69) is 74.2 Å². The highest BCUT2D eigenvalue weighted by molar-refractivity contribution is 9.13. The first kappa shape index (κ1) is 14.5. The zero-order chi connectivity index (χ0) is 13.2. The minimum Gasteiger partial charge on any atom is -0.314 e. The molecule has 0 radical (unpaired) electrons. The molecule has 1 aliphatic rings. The Balaban J connectivity index is 1.93. The van der Waals surface area contributed by atoms with E-state index >= 15 is 0 Å². The van der Waals surface area contributed by atoms with Crippen LogP contribution in [0.2, 0.25) is 0 Å². The summed E-state index contributed by atoms with van der Waals surface area (Å²) < 4.78 is 2.25. The maximum atomic E-state index is 3.56. The first-order valence-electron chi connectivity index (χ1n) is 6.38. The fourth-order valence-electron chi connectivity index (χ4n) is 2.35. The number of piperidine rings is 1. The summed E-state index contributed by atoms with van der Waals surface area (Å²) in [7, 11) is 2.07. The molecule has 2 nitrogen and oxygen atoms in total. The summed E-state index contributed by atoms with van der Waals surface area (Å²) >= 11 is 7.07. The first-order chi connectivity index (χ1) is 8.52. The summed E-state index contributed by atoms with van der Waals surface area (Å²) in [5.41, 5.74) is 1.70. The minimum absolute atomic E-state index is 0.330. The summed E-state index contributed by atoms with van der Waals surface area (Å²) in [5.74, 6) is 0. The lowest BCUT2D eigenvalue weighted by molar-refractivity contribution is 0.146. The lowest BCUT2D eigenvalue weighted by Crippen LogP contribution is -2.49. The van der Waals surface area contributed by atoms with Crippen molar-refractivity contribution >= 4 is 31.9 Å². The summed E-state index contributed by atoms with van der Waals surface area (Å²) in [5, 5.41) is 3.44. The molecule has 18 heavy (non-hydrogen) atoms. The number of likely N-dealkylation sites (tertiary alicyclic amines) is 1. The topological polar surface area (TPSA) is 15.3 Å². The van der Waals surface area contributed by atoms with Gasteiger partial charge in [0.05, 0.1) is 0 Å². The number of nitrogens with one attached hydrogen (secondary N) is 1. The fourth-order valence-corrected chi connectivity index (χ4v) is 3.02. The van der Waals surface area contributed by atoms with Crippen LogP contribution in [0.3, 0.4) is 0 Å². The number of nitrogens with zero attached hydrogens (tertiary/aromatic N) is 1. The molecule has 100 valence electrons. The fraction of sp³-hybridized carbons (Fsp3) is 0.571. The number of rotatable bonds is 3. The Morgan fingerprint density at radius 2 is 1.89 bits per heavy atom. The van der Waals surface area contributed by atoms with E-state index < -0.39 is 0 Å². The lowest BCUT2D eigenvalue weighted by Gasteiger charge is -2.39. The molecular weight excluding hydrogens is 356 g/mol. The third kappa shape index (κ3) is 3.56. The van der Waals surface area contributed by atoms with Gasteiger partial charge in [0, 0.05) is 34.1 Å². The van der Waals surface area contributed by atoms with Gasteiger partial charge >= 0.3 is 0 Å². The molecule has 0 amide bonds. The number of hydrogen-bond donors (Lipinski definition) is 1. The van der Waals surface area contributed by atoms with Crippen molar-refractivity contribution in [1.82, 2.24) is 10.2 Å². The first-order valence-corrected chi connectivity index (χ1v) is 7.96. The standard InChI is InChI=1S/C14H20Br2N2/c1-14(17-2)5-7-18(8-6-14)10-11-3-4-12(15)13(16)9-11/h3-4,9,17H,5-8,10H2,1-2H3. The van der Waals surface area contributed by atoms with Crippen LogP contribution in [0.1, 0.15) is 25.3 Å². The molecule has 0 atom stereocenters. The van der Waals surface area contributed by atoms with E-state index in [-0.39, 0.29) is 0 Å². The SMILES string of the molecule is CNC1(C)CCN(Cc2ccc(Br)c(Br)c2)CC1. The van der Waals surface area contributed by atoms with Crippen molar-refractivity contribution in [3.63, 3.8) is 0 Å². The zero-order valence-electron chi connectivity index (χ0n) is 11.0. The average molecular weight is 376 g/mol. The van der Waals surface area contributed by atoms with Gasteiger partial charge in [-0.2, -0.15) is 0 Å².